The lowest BCUT2D eigenvalue weighted by Gasteiger charge is -2.07. The Balaban J connectivity index is 2.04. The molecule has 0 atom stereocenters. The van der Waals surface area contributed by atoms with E-state index in [1.807, 2.05) is 0 Å². The molecule has 0 unspecified atom stereocenters. The summed E-state index contributed by atoms with van der Waals surface area (Å²) >= 11 is 0. The molecule has 1 N–H and O–H groups in total. The second-order valence-electron chi connectivity index (χ2n) is 5.98. The third-order valence-corrected chi connectivity index (χ3v) is 5.09. The second-order valence-corrected chi connectivity index (χ2v) is 8.00. The summed E-state index contributed by atoms with van der Waals surface area (Å²) in [7, 11) is -3.42. The summed E-state index contributed by atoms with van der Waals surface area (Å²) in [5.41, 5.74) is -0.345. The highest BCUT2D eigenvalue weighted by Crippen LogP contribution is 2.30. The van der Waals surface area contributed by atoms with Crippen molar-refractivity contribution >= 4 is 15.8 Å². The van der Waals surface area contributed by atoms with Gasteiger partial charge < -0.3 is 5.11 Å². The Bertz CT molecular complexity index is 1130. The first kappa shape index (κ1) is 19.6. The van der Waals surface area contributed by atoms with Gasteiger partial charge in [-0.15, -0.1) is 0 Å². The van der Waals surface area contributed by atoms with Gasteiger partial charge in [0, 0.05) is 18.0 Å². The van der Waals surface area contributed by atoms with Crippen LogP contribution in [0.15, 0.2) is 59.6 Å². The minimum absolute atomic E-state index is 0.0625. The molecule has 0 aliphatic carbocycles. The van der Waals surface area contributed by atoms with Crippen LogP contribution in [0.5, 0.6) is 0 Å². The molecule has 0 saturated heterocycles. The maximum atomic E-state index is 12.7. The van der Waals surface area contributed by atoms with Crippen LogP contribution < -0.4 is 0 Å². The summed E-state index contributed by atoms with van der Waals surface area (Å²) in [6.07, 6.45) is -2.25. The van der Waals surface area contributed by atoms with Gasteiger partial charge in [0.05, 0.1) is 16.1 Å². The van der Waals surface area contributed by atoms with Crippen LogP contribution in [0.25, 0.3) is 16.9 Å². The molecule has 0 fully saturated rings. The monoisotopic (exact) mass is 410 g/mol. The molecule has 146 valence electrons. The van der Waals surface area contributed by atoms with Gasteiger partial charge >= 0.3 is 12.1 Å². The Morgan fingerprint density at radius 2 is 1.61 bits per heavy atom. The fraction of sp³-hybridized carbons (Fsp3) is 0.111. The Labute approximate surface area is 157 Å². The smallest absolute Gasteiger partial charge is 0.416 e. The predicted molar refractivity (Wildman–Crippen MR) is 94.1 cm³/mol. The molecule has 28 heavy (non-hydrogen) atoms. The first-order chi connectivity index (χ1) is 13.0. The lowest BCUT2D eigenvalue weighted by atomic mass is 10.1. The van der Waals surface area contributed by atoms with Gasteiger partial charge in [-0.25, -0.2) is 17.9 Å². The number of carbonyl (C=O) groups is 1. The standard InChI is InChI=1S/C18H13F3N2O4S/c1-28(26,27)14-8-2-11(3-9-14)16-15(17(24)25)10-23(22-16)13-6-4-12(5-7-13)18(19,20)21/h2-10H,1H3,(H,24,25). The zero-order valence-electron chi connectivity index (χ0n) is 14.3. The highest BCUT2D eigenvalue weighted by atomic mass is 32.2. The molecule has 0 bridgehead atoms. The van der Waals surface area contributed by atoms with Crippen molar-refractivity contribution in [3.8, 4) is 16.9 Å². The van der Waals surface area contributed by atoms with Crippen molar-refractivity contribution in [3.63, 3.8) is 0 Å². The van der Waals surface area contributed by atoms with Crippen molar-refractivity contribution in [1.82, 2.24) is 9.78 Å². The van der Waals surface area contributed by atoms with Gasteiger partial charge in [-0.2, -0.15) is 18.3 Å². The molecular formula is C18H13F3N2O4S. The van der Waals surface area contributed by atoms with E-state index in [0.717, 1.165) is 23.1 Å². The molecule has 0 aliphatic heterocycles. The predicted octanol–water partition coefficient (Wildman–Crippen LogP) is 3.66. The summed E-state index contributed by atoms with van der Waals surface area (Å²) in [4.78, 5) is 11.6. The SMILES string of the molecule is CS(=O)(=O)c1ccc(-c2nn(-c3ccc(C(F)(F)F)cc3)cc2C(=O)O)cc1. The van der Waals surface area contributed by atoms with Gasteiger partial charge in [0.15, 0.2) is 9.84 Å². The van der Waals surface area contributed by atoms with Gasteiger partial charge in [-0.1, -0.05) is 12.1 Å². The fourth-order valence-corrected chi connectivity index (χ4v) is 3.17. The van der Waals surface area contributed by atoms with E-state index in [2.05, 4.69) is 5.10 Å². The van der Waals surface area contributed by atoms with Crippen LogP contribution in [-0.2, 0) is 16.0 Å². The van der Waals surface area contributed by atoms with Crippen LogP contribution >= 0.6 is 0 Å². The number of carboxylic acid groups (broad SMARTS) is 1. The number of halogens is 3. The number of nitrogens with zero attached hydrogens (tertiary/aromatic N) is 2. The highest BCUT2D eigenvalue weighted by molar-refractivity contribution is 7.90. The molecular weight excluding hydrogens is 397 g/mol. The fourth-order valence-electron chi connectivity index (χ4n) is 2.54. The first-order valence-corrected chi connectivity index (χ1v) is 9.67. The minimum Gasteiger partial charge on any atom is -0.478 e. The molecule has 3 aromatic rings. The lowest BCUT2D eigenvalue weighted by Crippen LogP contribution is -2.05. The van der Waals surface area contributed by atoms with E-state index >= 15 is 0 Å². The number of aromatic nitrogens is 2. The first-order valence-electron chi connectivity index (χ1n) is 7.78. The number of sulfone groups is 1. The van der Waals surface area contributed by atoms with Crippen LogP contribution in [0.1, 0.15) is 15.9 Å². The van der Waals surface area contributed by atoms with Gasteiger partial charge in [0.25, 0.3) is 0 Å². The number of alkyl halides is 3. The summed E-state index contributed by atoms with van der Waals surface area (Å²) in [5, 5.41) is 13.6. The molecule has 0 spiro atoms. The van der Waals surface area contributed by atoms with E-state index in [4.69, 9.17) is 0 Å². The van der Waals surface area contributed by atoms with Gasteiger partial charge in [0.2, 0.25) is 0 Å². The summed E-state index contributed by atoms with van der Waals surface area (Å²) in [6, 6.07) is 9.59. The van der Waals surface area contributed by atoms with Crippen molar-refractivity contribution < 1.29 is 31.5 Å². The number of hydrogen-bond acceptors (Lipinski definition) is 4. The Morgan fingerprint density at radius 3 is 2.07 bits per heavy atom. The molecule has 6 nitrogen and oxygen atoms in total. The Morgan fingerprint density at radius 1 is 1.04 bits per heavy atom. The summed E-state index contributed by atoms with van der Waals surface area (Å²) in [5.74, 6) is -1.28. The molecule has 10 heteroatoms. The van der Waals surface area contributed by atoms with Crippen molar-refractivity contribution in [2.75, 3.05) is 6.26 Å². The quantitative estimate of drug-likeness (QED) is 0.709. The number of hydrogen-bond donors (Lipinski definition) is 1. The molecule has 1 aromatic heterocycles. The molecule has 2 aromatic carbocycles. The van der Waals surface area contributed by atoms with Gasteiger partial charge in [-0.05, 0) is 36.4 Å². The average molecular weight is 410 g/mol. The van der Waals surface area contributed by atoms with Gasteiger partial charge in [-0.3, -0.25) is 0 Å². The summed E-state index contributed by atoms with van der Waals surface area (Å²) < 4.78 is 62.3. The number of rotatable bonds is 4. The molecule has 0 saturated carbocycles. The second kappa shape index (κ2) is 6.79. The van der Waals surface area contributed by atoms with Crippen LogP contribution in [0.2, 0.25) is 0 Å². The van der Waals surface area contributed by atoms with Crippen LogP contribution in [0, 0.1) is 0 Å². The molecule has 0 radical (unpaired) electrons. The van der Waals surface area contributed by atoms with E-state index in [1.54, 1.807) is 0 Å². The number of aromatic carboxylic acids is 1. The maximum absolute atomic E-state index is 12.7. The summed E-state index contributed by atoms with van der Waals surface area (Å²) in [6.45, 7) is 0. The van der Waals surface area contributed by atoms with Crippen molar-refractivity contribution in [2.24, 2.45) is 0 Å². The maximum Gasteiger partial charge on any atom is 0.416 e. The van der Waals surface area contributed by atoms with Gasteiger partial charge in [0.1, 0.15) is 11.3 Å². The average Bonchev–Trinajstić information content (AvgIpc) is 3.06. The zero-order chi connectivity index (χ0) is 20.7. The number of benzene rings is 2. The zero-order valence-corrected chi connectivity index (χ0v) is 15.1. The normalized spacial score (nSPS) is 12.1. The van der Waals surface area contributed by atoms with Crippen LogP contribution in [0.4, 0.5) is 13.2 Å². The molecule has 3 rings (SSSR count). The Kier molecular flexibility index (Phi) is 4.76. The molecule has 0 amide bonds. The third-order valence-electron chi connectivity index (χ3n) is 3.96. The van der Waals surface area contributed by atoms with Crippen molar-refractivity contribution in [2.45, 2.75) is 11.1 Å². The topological polar surface area (TPSA) is 89.3 Å². The van der Waals surface area contributed by atoms with Crippen molar-refractivity contribution in [3.05, 3.63) is 65.9 Å². The van der Waals surface area contributed by atoms with Crippen LogP contribution in [-0.4, -0.2) is 35.5 Å². The minimum atomic E-state index is -4.48. The molecule has 0 aliphatic rings. The number of carboxylic acids is 1. The van der Waals surface area contributed by atoms with Crippen LogP contribution in [0.3, 0.4) is 0 Å². The van der Waals surface area contributed by atoms with E-state index in [1.165, 1.54) is 42.6 Å². The molecule has 1 heterocycles. The Hall–Kier alpha value is -3.14. The van der Waals surface area contributed by atoms with E-state index in [0.29, 0.717) is 5.56 Å². The highest BCUT2D eigenvalue weighted by Gasteiger charge is 2.30. The van der Waals surface area contributed by atoms with E-state index < -0.39 is 27.5 Å². The largest absolute Gasteiger partial charge is 0.478 e. The lowest BCUT2D eigenvalue weighted by molar-refractivity contribution is -0.137. The third kappa shape index (κ3) is 3.91. The van der Waals surface area contributed by atoms with Crippen molar-refractivity contribution in [1.29, 1.82) is 0 Å². The van der Waals surface area contributed by atoms with E-state index in [9.17, 15) is 31.5 Å². The van der Waals surface area contributed by atoms with E-state index in [-0.39, 0.29) is 21.8 Å².